The SMILES string of the molecule is COc1ccccc1[C@@H]1C(C(=O)c2cccs2)=C(O)C(=O)N1CCOCCO. The van der Waals surface area contributed by atoms with E-state index in [1.807, 2.05) is 0 Å². The van der Waals surface area contributed by atoms with Crippen LogP contribution in [0.5, 0.6) is 5.75 Å². The molecule has 1 aliphatic heterocycles. The molecule has 3 rings (SSSR count). The molecule has 0 fully saturated rings. The van der Waals surface area contributed by atoms with Crippen molar-refractivity contribution in [1.82, 2.24) is 4.90 Å². The maximum atomic E-state index is 13.1. The Morgan fingerprint density at radius 2 is 2.00 bits per heavy atom. The van der Waals surface area contributed by atoms with Crippen LogP contribution in [0.2, 0.25) is 0 Å². The van der Waals surface area contributed by atoms with Crippen LogP contribution >= 0.6 is 11.3 Å². The van der Waals surface area contributed by atoms with Gasteiger partial charge in [0.25, 0.3) is 5.91 Å². The minimum absolute atomic E-state index is 0.0270. The summed E-state index contributed by atoms with van der Waals surface area (Å²) in [7, 11) is 1.51. The number of benzene rings is 1. The molecule has 0 aliphatic carbocycles. The summed E-state index contributed by atoms with van der Waals surface area (Å²) in [6.07, 6.45) is 0. The highest BCUT2D eigenvalue weighted by molar-refractivity contribution is 7.12. The lowest BCUT2D eigenvalue weighted by Crippen LogP contribution is -2.34. The minimum Gasteiger partial charge on any atom is -0.503 e. The van der Waals surface area contributed by atoms with Crippen molar-refractivity contribution in [2.24, 2.45) is 0 Å². The second kappa shape index (κ2) is 9.01. The highest BCUT2D eigenvalue weighted by atomic mass is 32.1. The molecule has 1 amide bonds. The topological polar surface area (TPSA) is 96.3 Å². The number of thiophene rings is 1. The third-order valence-corrected chi connectivity index (χ3v) is 5.31. The van der Waals surface area contributed by atoms with Crippen molar-refractivity contribution in [3.8, 4) is 5.75 Å². The van der Waals surface area contributed by atoms with Crippen molar-refractivity contribution in [1.29, 1.82) is 0 Å². The lowest BCUT2D eigenvalue weighted by atomic mass is 9.94. The van der Waals surface area contributed by atoms with E-state index >= 15 is 0 Å². The van der Waals surface area contributed by atoms with Gasteiger partial charge in [-0.15, -0.1) is 11.3 Å². The molecule has 1 aliphatic rings. The fourth-order valence-corrected chi connectivity index (χ4v) is 3.88. The summed E-state index contributed by atoms with van der Waals surface area (Å²) in [5, 5.41) is 21.2. The van der Waals surface area contributed by atoms with E-state index in [9.17, 15) is 14.7 Å². The van der Waals surface area contributed by atoms with Crippen LogP contribution in [-0.2, 0) is 9.53 Å². The number of hydrogen-bond donors (Lipinski definition) is 2. The summed E-state index contributed by atoms with van der Waals surface area (Å²) in [5.74, 6) is -1.08. The number of aliphatic hydroxyl groups excluding tert-OH is 2. The maximum Gasteiger partial charge on any atom is 0.290 e. The Bertz CT molecular complexity index is 877. The van der Waals surface area contributed by atoms with Gasteiger partial charge in [0.15, 0.2) is 5.76 Å². The molecule has 8 heteroatoms. The van der Waals surface area contributed by atoms with Crippen LogP contribution in [-0.4, -0.2) is 60.3 Å². The zero-order valence-electron chi connectivity index (χ0n) is 15.3. The van der Waals surface area contributed by atoms with Gasteiger partial charge in [0.2, 0.25) is 5.78 Å². The first-order valence-electron chi connectivity index (χ1n) is 8.74. The van der Waals surface area contributed by atoms with E-state index in [4.69, 9.17) is 14.6 Å². The summed E-state index contributed by atoms with van der Waals surface area (Å²) in [4.78, 5) is 27.7. The predicted octanol–water partition coefficient (Wildman–Crippen LogP) is 2.34. The third-order valence-electron chi connectivity index (χ3n) is 4.44. The molecular formula is C20H21NO6S. The van der Waals surface area contributed by atoms with Gasteiger partial charge in [-0.1, -0.05) is 24.3 Å². The van der Waals surface area contributed by atoms with Crippen molar-refractivity contribution < 1.29 is 29.3 Å². The quantitative estimate of drug-likeness (QED) is 0.493. The van der Waals surface area contributed by atoms with Crippen LogP contribution in [0.1, 0.15) is 21.3 Å². The molecule has 0 spiro atoms. The Kier molecular flexibility index (Phi) is 6.45. The number of nitrogens with zero attached hydrogens (tertiary/aromatic N) is 1. The van der Waals surface area contributed by atoms with Crippen molar-refractivity contribution >= 4 is 23.0 Å². The van der Waals surface area contributed by atoms with E-state index in [-0.39, 0.29) is 31.9 Å². The van der Waals surface area contributed by atoms with Gasteiger partial charge in [0.05, 0.1) is 43.4 Å². The Hall–Kier alpha value is -2.68. The largest absolute Gasteiger partial charge is 0.503 e. The first kappa shape index (κ1) is 20.1. The van der Waals surface area contributed by atoms with Gasteiger partial charge in [-0.05, 0) is 17.5 Å². The molecule has 1 aromatic carbocycles. The minimum atomic E-state index is -0.795. The molecule has 1 atom stereocenters. The second-order valence-corrected chi connectivity index (χ2v) is 7.00. The molecule has 2 N–H and O–H groups in total. The van der Waals surface area contributed by atoms with Crippen LogP contribution < -0.4 is 4.74 Å². The zero-order chi connectivity index (χ0) is 20.1. The van der Waals surface area contributed by atoms with Crippen molar-refractivity contribution in [2.75, 3.05) is 33.5 Å². The summed E-state index contributed by atoms with van der Waals surface area (Å²) in [6, 6.07) is 9.68. The number of ketones is 1. The van der Waals surface area contributed by atoms with E-state index in [1.165, 1.54) is 23.3 Å². The standard InChI is InChI=1S/C20H21NO6S/c1-26-14-6-3-2-5-13(14)17-16(18(23)15-7-4-12-28-15)19(24)20(25)21(17)8-10-27-11-9-22/h2-7,12,17,22,24H,8-11H2,1H3/t17-/m1/s1. The monoisotopic (exact) mass is 403 g/mol. The Morgan fingerprint density at radius 3 is 2.68 bits per heavy atom. The summed E-state index contributed by atoms with van der Waals surface area (Å²) in [6.45, 7) is 0.315. The zero-order valence-corrected chi connectivity index (χ0v) is 16.1. The first-order valence-corrected chi connectivity index (χ1v) is 9.62. The highest BCUT2D eigenvalue weighted by Gasteiger charge is 2.44. The Balaban J connectivity index is 2.02. The van der Waals surface area contributed by atoms with E-state index in [2.05, 4.69) is 0 Å². The van der Waals surface area contributed by atoms with Gasteiger partial charge in [-0.2, -0.15) is 0 Å². The molecule has 7 nitrogen and oxygen atoms in total. The number of hydrogen-bond acceptors (Lipinski definition) is 7. The molecule has 28 heavy (non-hydrogen) atoms. The van der Waals surface area contributed by atoms with Gasteiger partial charge in [-0.3, -0.25) is 9.59 Å². The number of carbonyl (C=O) groups excluding carboxylic acids is 2. The van der Waals surface area contributed by atoms with Gasteiger partial charge in [-0.25, -0.2) is 0 Å². The number of aliphatic hydroxyl groups is 2. The first-order chi connectivity index (χ1) is 13.6. The molecule has 0 unspecified atom stereocenters. The van der Waals surface area contributed by atoms with Gasteiger partial charge >= 0.3 is 0 Å². The average Bonchev–Trinajstić information content (AvgIpc) is 3.33. The fraction of sp³-hybridized carbons (Fsp3) is 0.300. The van der Waals surface area contributed by atoms with E-state index in [0.717, 1.165) is 0 Å². The molecule has 0 bridgehead atoms. The second-order valence-electron chi connectivity index (χ2n) is 6.05. The van der Waals surface area contributed by atoms with E-state index in [0.29, 0.717) is 16.2 Å². The fourth-order valence-electron chi connectivity index (χ4n) is 3.20. The highest BCUT2D eigenvalue weighted by Crippen LogP contribution is 2.42. The Labute approximate surface area is 166 Å². The number of para-hydroxylation sites is 1. The number of amides is 1. The number of methoxy groups -OCH3 is 1. The Morgan fingerprint density at radius 1 is 1.21 bits per heavy atom. The molecule has 2 aromatic rings. The number of carbonyl (C=O) groups is 2. The maximum absolute atomic E-state index is 13.1. The molecular weight excluding hydrogens is 382 g/mol. The number of rotatable bonds is 9. The van der Waals surface area contributed by atoms with Crippen LogP contribution in [0.15, 0.2) is 53.1 Å². The molecule has 2 heterocycles. The summed E-state index contributed by atoms with van der Waals surface area (Å²) < 4.78 is 10.7. The van der Waals surface area contributed by atoms with Gasteiger partial charge in [0, 0.05) is 12.1 Å². The molecule has 1 aromatic heterocycles. The van der Waals surface area contributed by atoms with E-state index < -0.39 is 23.5 Å². The summed E-state index contributed by atoms with van der Waals surface area (Å²) >= 11 is 1.25. The smallest absolute Gasteiger partial charge is 0.290 e. The predicted molar refractivity (Wildman–Crippen MR) is 104 cm³/mol. The van der Waals surface area contributed by atoms with Crippen LogP contribution in [0.3, 0.4) is 0 Å². The van der Waals surface area contributed by atoms with Gasteiger partial charge in [0.1, 0.15) is 5.75 Å². The van der Waals surface area contributed by atoms with Crippen LogP contribution in [0.4, 0.5) is 0 Å². The average molecular weight is 403 g/mol. The van der Waals surface area contributed by atoms with E-state index in [1.54, 1.807) is 41.8 Å². The third kappa shape index (κ3) is 3.80. The molecule has 0 saturated heterocycles. The van der Waals surface area contributed by atoms with Crippen molar-refractivity contribution in [3.63, 3.8) is 0 Å². The van der Waals surface area contributed by atoms with Crippen molar-refractivity contribution in [3.05, 3.63) is 63.6 Å². The molecule has 0 radical (unpaired) electrons. The van der Waals surface area contributed by atoms with Crippen molar-refractivity contribution in [2.45, 2.75) is 6.04 Å². The lowest BCUT2D eigenvalue weighted by molar-refractivity contribution is -0.130. The van der Waals surface area contributed by atoms with Crippen LogP contribution in [0, 0.1) is 0 Å². The molecule has 0 saturated carbocycles. The number of Topliss-reactive ketones (excluding diaryl/α,β-unsaturated/α-hetero) is 1. The van der Waals surface area contributed by atoms with Gasteiger partial charge < -0.3 is 24.6 Å². The summed E-state index contributed by atoms with van der Waals surface area (Å²) in [5.41, 5.74) is 0.628. The molecule has 148 valence electrons. The van der Waals surface area contributed by atoms with Crippen LogP contribution in [0.25, 0.3) is 0 Å². The normalized spacial score (nSPS) is 16.7. The lowest BCUT2D eigenvalue weighted by Gasteiger charge is -2.27. The number of ether oxygens (including phenoxy) is 2.